The Morgan fingerprint density at radius 2 is 2.00 bits per heavy atom. The minimum absolute atomic E-state index is 0. The van der Waals surface area contributed by atoms with Gasteiger partial charge in [0.05, 0.1) is 19.4 Å². The van der Waals surface area contributed by atoms with Crippen LogP contribution in [0.5, 0.6) is 11.5 Å². The first-order chi connectivity index (χ1) is 13.1. The van der Waals surface area contributed by atoms with Crippen molar-refractivity contribution in [2.75, 3.05) is 32.1 Å². The number of rotatable bonds is 9. The molecule has 8 heteroatoms. The molecule has 0 aliphatic rings. The number of methoxy groups -OCH3 is 1. The van der Waals surface area contributed by atoms with Gasteiger partial charge >= 0.3 is 0 Å². The van der Waals surface area contributed by atoms with Crippen molar-refractivity contribution in [3.05, 3.63) is 35.2 Å². The largest absolute Gasteiger partial charge is 0.493 e. The quantitative estimate of drug-likeness (QED) is 0.230. The van der Waals surface area contributed by atoms with E-state index in [1.165, 1.54) is 5.56 Å². The number of aliphatic imine (C=N–C) groups is 1. The highest BCUT2D eigenvalue weighted by molar-refractivity contribution is 14.0. The molecule has 156 valence electrons. The van der Waals surface area contributed by atoms with Crippen molar-refractivity contribution in [2.24, 2.45) is 4.99 Å². The first kappa shape index (κ1) is 24.1. The van der Waals surface area contributed by atoms with Crippen molar-refractivity contribution in [1.29, 1.82) is 0 Å². The molecular formula is C20H31IN4O3. The first-order valence-electron chi connectivity index (χ1n) is 9.36. The second-order valence-corrected chi connectivity index (χ2v) is 6.09. The van der Waals surface area contributed by atoms with Crippen molar-refractivity contribution in [3.8, 4) is 11.5 Å². The van der Waals surface area contributed by atoms with Crippen molar-refractivity contribution in [2.45, 2.75) is 40.5 Å². The fraction of sp³-hybridized carbons (Fsp3) is 0.500. The van der Waals surface area contributed by atoms with Crippen molar-refractivity contribution < 1.29 is 14.0 Å². The number of halogens is 1. The zero-order valence-corrected chi connectivity index (χ0v) is 19.6. The zero-order valence-electron chi connectivity index (χ0n) is 17.3. The normalized spacial score (nSPS) is 11.0. The van der Waals surface area contributed by atoms with Gasteiger partial charge in [-0.2, -0.15) is 0 Å². The SMILES string of the molecule is CCNC(=NCCCc1c(C)noc1C)Nc1ccc(OC)c(OCC)c1.I. The molecule has 0 aliphatic heterocycles. The molecule has 0 spiro atoms. The molecule has 0 bridgehead atoms. The third kappa shape index (κ3) is 6.88. The number of aromatic nitrogens is 1. The van der Waals surface area contributed by atoms with Gasteiger partial charge in [-0.25, -0.2) is 0 Å². The summed E-state index contributed by atoms with van der Waals surface area (Å²) in [6.07, 6.45) is 1.83. The van der Waals surface area contributed by atoms with Crippen LogP contribution < -0.4 is 20.1 Å². The topological polar surface area (TPSA) is 80.9 Å². The van der Waals surface area contributed by atoms with Crippen LogP contribution in [-0.4, -0.2) is 37.9 Å². The van der Waals surface area contributed by atoms with E-state index in [0.29, 0.717) is 24.7 Å². The number of guanidine groups is 1. The predicted octanol–water partition coefficient (Wildman–Crippen LogP) is 4.33. The van der Waals surface area contributed by atoms with Gasteiger partial charge in [0.15, 0.2) is 17.5 Å². The molecule has 7 nitrogen and oxygen atoms in total. The van der Waals surface area contributed by atoms with Crippen LogP contribution in [0.4, 0.5) is 5.69 Å². The standard InChI is InChI=1S/C20H30N4O3.HI/c1-6-21-20(22-12-8-9-17-14(3)24-27-15(17)4)23-16-10-11-18(25-5)19(13-16)26-7-2;/h10-11,13H,6-9,12H2,1-5H3,(H2,21,22,23);1H. The van der Waals surface area contributed by atoms with Crippen molar-refractivity contribution in [3.63, 3.8) is 0 Å². The molecule has 1 aromatic heterocycles. The summed E-state index contributed by atoms with van der Waals surface area (Å²) in [4.78, 5) is 4.66. The Bertz CT molecular complexity index is 742. The van der Waals surface area contributed by atoms with E-state index in [1.807, 2.05) is 45.9 Å². The molecule has 0 saturated carbocycles. The summed E-state index contributed by atoms with van der Waals surface area (Å²) in [7, 11) is 1.63. The molecular weight excluding hydrogens is 471 g/mol. The summed E-state index contributed by atoms with van der Waals surface area (Å²) >= 11 is 0. The molecule has 2 aromatic rings. The second-order valence-electron chi connectivity index (χ2n) is 6.09. The van der Waals surface area contributed by atoms with E-state index in [0.717, 1.165) is 42.5 Å². The first-order valence-corrected chi connectivity index (χ1v) is 9.36. The molecule has 2 rings (SSSR count). The third-order valence-electron chi connectivity index (χ3n) is 4.11. The molecule has 1 aromatic carbocycles. The van der Waals surface area contributed by atoms with Crippen LogP contribution in [0.15, 0.2) is 27.7 Å². The monoisotopic (exact) mass is 502 g/mol. The predicted molar refractivity (Wildman–Crippen MR) is 123 cm³/mol. The van der Waals surface area contributed by atoms with E-state index >= 15 is 0 Å². The summed E-state index contributed by atoms with van der Waals surface area (Å²) in [6, 6.07) is 5.74. The lowest BCUT2D eigenvalue weighted by atomic mass is 10.1. The molecule has 2 N–H and O–H groups in total. The lowest BCUT2D eigenvalue weighted by Crippen LogP contribution is -2.30. The van der Waals surface area contributed by atoms with Crippen molar-refractivity contribution in [1.82, 2.24) is 10.5 Å². The number of hydrogen-bond donors (Lipinski definition) is 2. The molecule has 0 radical (unpaired) electrons. The molecule has 0 amide bonds. The van der Waals surface area contributed by atoms with Crippen LogP contribution in [0.2, 0.25) is 0 Å². The van der Waals surface area contributed by atoms with Gasteiger partial charge in [0.1, 0.15) is 5.76 Å². The van der Waals surface area contributed by atoms with Crippen LogP contribution in [0, 0.1) is 13.8 Å². The molecule has 0 aliphatic carbocycles. The maximum atomic E-state index is 5.63. The minimum Gasteiger partial charge on any atom is -0.493 e. The van der Waals surface area contributed by atoms with E-state index in [2.05, 4.69) is 20.8 Å². The van der Waals surface area contributed by atoms with E-state index in [9.17, 15) is 0 Å². The Labute approximate surface area is 184 Å². The number of benzene rings is 1. The number of nitrogens with zero attached hydrogens (tertiary/aromatic N) is 2. The Balaban J connectivity index is 0.00000392. The van der Waals surface area contributed by atoms with Crippen LogP contribution in [0.1, 0.15) is 37.3 Å². The fourth-order valence-electron chi connectivity index (χ4n) is 2.77. The second kappa shape index (κ2) is 12.5. The molecule has 0 atom stereocenters. The Kier molecular flexibility index (Phi) is 10.7. The van der Waals surface area contributed by atoms with Gasteiger partial charge < -0.3 is 24.6 Å². The summed E-state index contributed by atoms with van der Waals surface area (Å²) in [5, 5.41) is 10.6. The molecule has 28 heavy (non-hydrogen) atoms. The van der Waals surface area contributed by atoms with E-state index in [1.54, 1.807) is 7.11 Å². The van der Waals surface area contributed by atoms with Gasteiger partial charge in [-0.1, -0.05) is 5.16 Å². The summed E-state index contributed by atoms with van der Waals surface area (Å²) < 4.78 is 16.2. The molecule has 0 fully saturated rings. The number of nitrogens with one attached hydrogen (secondary N) is 2. The summed E-state index contributed by atoms with van der Waals surface area (Å²) in [5.41, 5.74) is 3.03. The van der Waals surface area contributed by atoms with Gasteiger partial charge in [0.25, 0.3) is 0 Å². The molecule has 0 saturated heterocycles. The van der Waals surface area contributed by atoms with E-state index < -0.39 is 0 Å². The van der Waals surface area contributed by atoms with Crippen LogP contribution in [0.3, 0.4) is 0 Å². The van der Waals surface area contributed by atoms with Gasteiger partial charge in [-0.15, -0.1) is 24.0 Å². The van der Waals surface area contributed by atoms with Gasteiger partial charge in [0, 0.05) is 30.4 Å². The van der Waals surface area contributed by atoms with Gasteiger partial charge in [-0.05, 0) is 52.7 Å². The maximum absolute atomic E-state index is 5.63. The highest BCUT2D eigenvalue weighted by Crippen LogP contribution is 2.30. The number of anilines is 1. The third-order valence-corrected chi connectivity index (χ3v) is 4.11. The average molecular weight is 502 g/mol. The average Bonchev–Trinajstić information content (AvgIpc) is 2.97. The van der Waals surface area contributed by atoms with Crippen LogP contribution in [0.25, 0.3) is 0 Å². The Morgan fingerprint density at radius 3 is 2.61 bits per heavy atom. The van der Waals surface area contributed by atoms with E-state index in [-0.39, 0.29) is 24.0 Å². The minimum atomic E-state index is 0. The smallest absolute Gasteiger partial charge is 0.195 e. The van der Waals surface area contributed by atoms with Crippen molar-refractivity contribution >= 4 is 35.6 Å². The molecule has 0 unspecified atom stereocenters. The summed E-state index contributed by atoms with van der Waals surface area (Å²) in [6.45, 7) is 9.97. The summed E-state index contributed by atoms with van der Waals surface area (Å²) in [5.74, 6) is 3.05. The lowest BCUT2D eigenvalue weighted by molar-refractivity contribution is 0.311. The Hall–Kier alpha value is -1.97. The fourth-order valence-corrected chi connectivity index (χ4v) is 2.77. The van der Waals surface area contributed by atoms with Gasteiger partial charge in [-0.3, -0.25) is 4.99 Å². The number of ether oxygens (including phenoxy) is 2. The number of aryl methyl sites for hydroxylation is 2. The van der Waals surface area contributed by atoms with E-state index in [4.69, 9.17) is 14.0 Å². The van der Waals surface area contributed by atoms with Crippen LogP contribution in [-0.2, 0) is 6.42 Å². The molecule has 1 heterocycles. The lowest BCUT2D eigenvalue weighted by Gasteiger charge is -2.14. The highest BCUT2D eigenvalue weighted by atomic mass is 127. The highest BCUT2D eigenvalue weighted by Gasteiger charge is 2.09. The maximum Gasteiger partial charge on any atom is 0.195 e. The van der Waals surface area contributed by atoms with Gasteiger partial charge in [0.2, 0.25) is 0 Å². The number of hydrogen-bond acceptors (Lipinski definition) is 5. The zero-order chi connectivity index (χ0) is 19.6. The Morgan fingerprint density at radius 1 is 1.21 bits per heavy atom. The van der Waals surface area contributed by atoms with Crippen LogP contribution >= 0.6 is 24.0 Å².